The highest BCUT2D eigenvalue weighted by molar-refractivity contribution is 5.14. The second-order valence-electron chi connectivity index (χ2n) is 6.63. The molecule has 1 N–H and O–H groups in total. The predicted octanol–water partition coefficient (Wildman–Crippen LogP) is 2.53. The van der Waals surface area contributed by atoms with Gasteiger partial charge in [0.05, 0.1) is 6.07 Å². The van der Waals surface area contributed by atoms with E-state index in [0.717, 1.165) is 18.8 Å². The topological polar surface area (TPSA) is 39.1 Å². The van der Waals surface area contributed by atoms with Crippen LogP contribution < -0.4 is 5.32 Å². The molecule has 0 aromatic carbocycles. The van der Waals surface area contributed by atoms with Crippen molar-refractivity contribution in [1.82, 2.24) is 10.2 Å². The number of nitriles is 1. The Morgan fingerprint density at radius 3 is 2.78 bits per heavy atom. The third kappa shape index (κ3) is 3.05. The molecular weight excluding hydrogens is 222 g/mol. The van der Waals surface area contributed by atoms with Crippen LogP contribution in [0.1, 0.15) is 52.9 Å². The van der Waals surface area contributed by atoms with Crippen molar-refractivity contribution in [2.45, 2.75) is 70.5 Å². The molecule has 1 saturated heterocycles. The maximum Gasteiger partial charge on any atom is 0.108 e. The number of hydrogen-bond donors (Lipinski definition) is 1. The van der Waals surface area contributed by atoms with Gasteiger partial charge in [0.2, 0.25) is 0 Å². The van der Waals surface area contributed by atoms with Crippen molar-refractivity contribution in [2.24, 2.45) is 5.92 Å². The SMILES string of the molecule is CC1CCCN(C2CCC(C#N)(NC(C)C)C2)C1. The molecule has 3 nitrogen and oxygen atoms in total. The first-order valence-corrected chi connectivity index (χ1v) is 7.48. The number of nitrogens with zero attached hydrogens (tertiary/aromatic N) is 2. The molecule has 1 saturated carbocycles. The summed E-state index contributed by atoms with van der Waals surface area (Å²) < 4.78 is 0. The highest BCUT2D eigenvalue weighted by Gasteiger charge is 2.42. The van der Waals surface area contributed by atoms with Gasteiger partial charge in [-0.2, -0.15) is 5.26 Å². The molecule has 18 heavy (non-hydrogen) atoms. The summed E-state index contributed by atoms with van der Waals surface area (Å²) in [6.07, 6.45) is 5.90. The molecule has 3 heteroatoms. The maximum absolute atomic E-state index is 9.50. The van der Waals surface area contributed by atoms with E-state index in [9.17, 15) is 5.26 Å². The Morgan fingerprint density at radius 1 is 1.39 bits per heavy atom. The lowest BCUT2D eigenvalue weighted by molar-refractivity contribution is 0.128. The van der Waals surface area contributed by atoms with Gasteiger partial charge >= 0.3 is 0 Å². The minimum absolute atomic E-state index is 0.264. The molecule has 3 unspecified atom stereocenters. The van der Waals surface area contributed by atoms with Crippen LogP contribution in [0.15, 0.2) is 0 Å². The van der Waals surface area contributed by atoms with Crippen LogP contribution in [0.2, 0.25) is 0 Å². The zero-order chi connectivity index (χ0) is 13.2. The molecule has 0 radical (unpaired) electrons. The van der Waals surface area contributed by atoms with Gasteiger partial charge in [-0.1, -0.05) is 6.92 Å². The van der Waals surface area contributed by atoms with E-state index in [2.05, 4.69) is 37.1 Å². The molecule has 1 aliphatic heterocycles. The normalized spacial score (nSPS) is 37.9. The Balaban J connectivity index is 1.96. The average Bonchev–Trinajstić information content (AvgIpc) is 2.73. The quantitative estimate of drug-likeness (QED) is 0.835. The Bertz CT molecular complexity index is 320. The van der Waals surface area contributed by atoms with Gasteiger partial charge in [0.15, 0.2) is 0 Å². The molecule has 2 aliphatic rings. The Morgan fingerprint density at radius 2 is 2.17 bits per heavy atom. The standard InChI is InChI=1S/C15H27N3/c1-12(2)17-15(11-16)7-6-14(9-15)18-8-4-5-13(3)10-18/h12-14,17H,4-10H2,1-3H3. The summed E-state index contributed by atoms with van der Waals surface area (Å²) in [5, 5.41) is 13.0. The zero-order valence-corrected chi connectivity index (χ0v) is 12.1. The van der Waals surface area contributed by atoms with E-state index in [1.807, 2.05) is 0 Å². The van der Waals surface area contributed by atoms with Gasteiger partial charge in [-0.25, -0.2) is 0 Å². The first-order chi connectivity index (χ1) is 8.54. The van der Waals surface area contributed by atoms with Crippen LogP contribution in [0, 0.1) is 17.2 Å². The molecule has 102 valence electrons. The summed E-state index contributed by atoms with van der Waals surface area (Å²) in [5.74, 6) is 0.828. The molecule has 0 aromatic heterocycles. The van der Waals surface area contributed by atoms with Crippen LogP contribution in [-0.2, 0) is 0 Å². The van der Waals surface area contributed by atoms with Gasteiger partial charge in [0.25, 0.3) is 0 Å². The summed E-state index contributed by atoms with van der Waals surface area (Å²) in [6, 6.07) is 3.57. The lowest BCUT2D eigenvalue weighted by Gasteiger charge is -2.36. The number of hydrogen-bond acceptors (Lipinski definition) is 3. The molecule has 3 atom stereocenters. The van der Waals surface area contributed by atoms with E-state index >= 15 is 0 Å². The smallest absolute Gasteiger partial charge is 0.108 e. The molecule has 1 aliphatic carbocycles. The highest BCUT2D eigenvalue weighted by Crippen LogP contribution is 2.35. The largest absolute Gasteiger partial charge is 0.300 e. The van der Waals surface area contributed by atoms with Gasteiger partial charge in [0.1, 0.15) is 5.54 Å². The molecule has 0 bridgehead atoms. The molecule has 2 fully saturated rings. The monoisotopic (exact) mass is 249 g/mol. The van der Waals surface area contributed by atoms with Crippen molar-refractivity contribution < 1.29 is 0 Å². The number of nitrogens with one attached hydrogen (secondary N) is 1. The third-order valence-corrected chi connectivity index (χ3v) is 4.47. The zero-order valence-electron chi connectivity index (χ0n) is 12.1. The van der Waals surface area contributed by atoms with Crippen LogP contribution in [0.25, 0.3) is 0 Å². The van der Waals surface area contributed by atoms with Gasteiger partial charge in [-0.3, -0.25) is 5.32 Å². The molecule has 0 amide bonds. The molecular formula is C15H27N3. The summed E-state index contributed by atoms with van der Waals surface area (Å²) >= 11 is 0. The fourth-order valence-electron chi connectivity index (χ4n) is 3.71. The average molecular weight is 249 g/mol. The third-order valence-electron chi connectivity index (χ3n) is 4.47. The van der Waals surface area contributed by atoms with Crippen LogP contribution in [0.4, 0.5) is 0 Å². The van der Waals surface area contributed by atoms with E-state index in [-0.39, 0.29) is 5.54 Å². The lowest BCUT2D eigenvalue weighted by Crippen LogP contribution is -2.48. The Kier molecular flexibility index (Phi) is 4.29. The van der Waals surface area contributed by atoms with Crippen LogP contribution >= 0.6 is 0 Å². The number of rotatable bonds is 3. The summed E-state index contributed by atoms with van der Waals surface area (Å²) in [4.78, 5) is 2.63. The Labute approximate surface area is 112 Å². The molecule has 2 rings (SSSR count). The summed E-state index contributed by atoms with van der Waals surface area (Å²) in [5.41, 5.74) is -0.264. The second kappa shape index (κ2) is 5.59. The van der Waals surface area contributed by atoms with Gasteiger partial charge in [0, 0.05) is 18.6 Å². The minimum Gasteiger partial charge on any atom is -0.300 e. The van der Waals surface area contributed by atoms with Crippen molar-refractivity contribution >= 4 is 0 Å². The first kappa shape index (κ1) is 13.8. The van der Waals surface area contributed by atoms with Crippen molar-refractivity contribution in [2.75, 3.05) is 13.1 Å². The van der Waals surface area contributed by atoms with Crippen LogP contribution in [0.5, 0.6) is 0 Å². The van der Waals surface area contributed by atoms with Gasteiger partial charge in [-0.05, 0) is 58.4 Å². The van der Waals surface area contributed by atoms with Crippen molar-refractivity contribution in [3.8, 4) is 6.07 Å². The van der Waals surface area contributed by atoms with Crippen LogP contribution in [0.3, 0.4) is 0 Å². The van der Waals surface area contributed by atoms with Gasteiger partial charge < -0.3 is 4.90 Å². The molecule has 0 aromatic rings. The fourth-order valence-corrected chi connectivity index (χ4v) is 3.71. The van der Waals surface area contributed by atoms with Crippen molar-refractivity contribution in [3.63, 3.8) is 0 Å². The first-order valence-electron chi connectivity index (χ1n) is 7.48. The summed E-state index contributed by atoms with van der Waals surface area (Å²) in [6.45, 7) is 9.09. The van der Waals surface area contributed by atoms with Crippen molar-refractivity contribution in [1.29, 1.82) is 5.26 Å². The van der Waals surface area contributed by atoms with E-state index in [1.54, 1.807) is 0 Å². The lowest BCUT2D eigenvalue weighted by atomic mass is 9.96. The maximum atomic E-state index is 9.50. The van der Waals surface area contributed by atoms with Gasteiger partial charge in [-0.15, -0.1) is 0 Å². The van der Waals surface area contributed by atoms with Crippen molar-refractivity contribution in [3.05, 3.63) is 0 Å². The number of likely N-dealkylation sites (tertiary alicyclic amines) is 1. The second-order valence-corrected chi connectivity index (χ2v) is 6.63. The molecule has 0 spiro atoms. The van der Waals surface area contributed by atoms with E-state index in [1.165, 1.54) is 32.4 Å². The van der Waals surface area contributed by atoms with E-state index in [4.69, 9.17) is 0 Å². The Hall–Kier alpha value is -0.590. The minimum atomic E-state index is -0.264. The van der Waals surface area contributed by atoms with E-state index in [0.29, 0.717) is 12.1 Å². The highest BCUT2D eigenvalue weighted by atomic mass is 15.2. The van der Waals surface area contributed by atoms with E-state index < -0.39 is 0 Å². The number of piperidine rings is 1. The summed E-state index contributed by atoms with van der Waals surface area (Å²) in [7, 11) is 0. The van der Waals surface area contributed by atoms with Crippen LogP contribution in [-0.4, -0.2) is 35.6 Å². The predicted molar refractivity (Wildman–Crippen MR) is 74.2 cm³/mol. The fraction of sp³-hybridized carbons (Fsp3) is 0.933. The molecule has 1 heterocycles.